The van der Waals surface area contributed by atoms with Crippen LogP contribution in [0.25, 0.3) is 0 Å². The van der Waals surface area contributed by atoms with E-state index in [4.69, 9.17) is 8.85 Å². The minimum Gasteiger partial charge on any atom is -0.397 e. The van der Waals surface area contributed by atoms with Crippen LogP contribution in [0.5, 0.6) is 0 Å². The maximum atomic E-state index is 6.11. The van der Waals surface area contributed by atoms with Crippen molar-refractivity contribution in [2.45, 2.75) is 77.8 Å². The van der Waals surface area contributed by atoms with Crippen molar-refractivity contribution in [1.82, 2.24) is 0 Å². The Balaban J connectivity index is 2.96. The Bertz CT molecular complexity index is 257. The summed E-state index contributed by atoms with van der Waals surface area (Å²) in [5.41, 5.74) is 1.02. The lowest BCUT2D eigenvalue weighted by Crippen LogP contribution is -2.52. The van der Waals surface area contributed by atoms with E-state index in [0.717, 1.165) is 5.92 Å². The summed E-state index contributed by atoms with van der Waals surface area (Å²) in [5.74, 6) is 0.754. The lowest BCUT2D eigenvalue weighted by molar-refractivity contribution is 0.150. The SMILES string of the molecule is CCC(CC)C[Si](OC)(OC)C1CCCCC1(C)C. The largest absolute Gasteiger partial charge is 0.397 e. The van der Waals surface area contributed by atoms with Crippen LogP contribution in [0.1, 0.15) is 66.2 Å². The van der Waals surface area contributed by atoms with Gasteiger partial charge in [-0.1, -0.05) is 53.4 Å². The molecule has 3 heteroatoms. The summed E-state index contributed by atoms with van der Waals surface area (Å²) in [6, 6.07) is 1.17. The summed E-state index contributed by atoms with van der Waals surface area (Å²) < 4.78 is 12.2. The molecule has 0 bridgehead atoms. The predicted molar refractivity (Wildman–Crippen MR) is 84.7 cm³/mol. The van der Waals surface area contributed by atoms with Crippen molar-refractivity contribution < 1.29 is 8.85 Å². The van der Waals surface area contributed by atoms with Gasteiger partial charge in [0.15, 0.2) is 0 Å². The second kappa shape index (κ2) is 7.23. The van der Waals surface area contributed by atoms with Gasteiger partial charge >= 0.3 is 8.56 Å². The fourth-order valence-electron chi connectivity index (χ4n) is 3.97. The zero-order valence-corrected chi connectivity index (χ0v) is 14.9. The smallest absolute Gasteiger partial charge is 0.341 e. The van der Waals surface area contributed by atoms with Gasteiger partial charge in [-0.15, -0.1) is 0 Å². The van der Waals surface area contributed by atoms with Gasteiger partial charge in [-0.05, 0) is 30.2 Å². The quantitative estimate of drug-likeness (QED) is 0.604. The predicted octanol–water partition coefficient (Wildman–Crippen LogP) is 5.13. The molecule has 1 fully saturated rings. The lowest BCUT2D eigenvalue weighted by Gasteiger charge is -2.47. The molecular formula is C16H34O2Si. The topological polar surface area (TPSA) is 18.5 Å². The first-order valence-corrected chi connectivity index (χ1v) is 10.2. The molecule has 1 rings (SSSR count). The molecule has 0 saturated heterocycles. The van der Waals surface area contributed by atoms with Crippen molar-refractivity contribution in [3.8, 4) is 0 Å². The molecule has 1 aliphatic carbocycles. The van der Waals surface area contributed by atoms with Crippen LogP contribution in [-0.4, -0.2) is 22.8 Å². The van der Waals surface area contributed by atoms with Gasteiger partial charge in [0.25, 0.3) is 0 Å². The summed E-state index contributed by atoms with van der Waals surface area (Å²) in [7, 11) is 1.70. The van der Waals surface area contributed by atoms with Crippen LogP contribution in [0.3, 0.4) is 0 Å². The molecule has 114 valence electrons. The summed E-state index contributed by atoms with van der Waals surface area (Å²) >= 11 is 0. The second-order valence-corrected chi connectivity index (χ2v) is 10.4. The molecule has 0 aliphatic heterocycles. The van der Waals surface area contributed by atoms with Gasteiger partial charge in [-0.3, -0.25) is 0 Å². The molecule has 19 heavy (non-hydrogen) atoms. The van der Waals surface area contributed by atoms with E-state index in [1.807, 2.05) is 14.2 Å². The Hall–Kier alpha value is 0.137. The fraction of sp³-hybridized carbons (Fsp3) is 1.00. The van der Waals surface area contributed by atoms with Gasteiger partial charge in [-0.2, -0.15) is 0 Å². The third-order valence-electron chi connectivity index (χ3n) is 5.46. The Morgan fingerprint density at radius 2 is 1.68 bits per heavy atom. The molecule has 0 heterocycles. The van der Waals surface area contributed by atoms with Gasteiger partial charge in [0.2, 0.25) is 0 Å². The molecule has 1 saturated carbocycles. The Labute approximate surface area is 121 Å². The van der Waals surface area contributed by atoms with Crippen molar-refractivity contribution in [3.63, 3.8) is 0 Å². The second-order valence-electron chi connectivity index (χ2n) is 6.89. The van der Waals surface area contributed by atoms with Gasteiger partial charge in [0.1, 0.15) is 0 Å². The number of hydrogen-bond acceptors (Lipinski definition) is 2. The van der Waals surface area contributed by atoms with Crippen molar-refractivity contribution in [2.24, 2.45) is 11.3 Å². The minimum absolute atomic E-state index is 0.378. The molecule has 1 unspecified atom stereocenters. The third-order valence-corrected chi connectivity index (χ3v) is 10.1. The fourth-order valence-corrected chi connectivity index (χ4v) is 8.68. The summed E-state index contributed by atoms with van der Waals surface area (Å²) in [5, 5.41) is 0. The highest BCUT2D eigenvalue weighted by molar-refractivity contribution is 6.69. The lowest BCUT2D eigenvalue weighted by atomic mass is 9.77. The monoisotopic (exact) mass is 286 g/mol. The molecule has 0 spiro atoms. The summed E-state index contributed by atoms with van der Waals surface area (Å²) in [4.78, 5) is 0. The first-order valence-electron chi connectivity index (χ1n) is 8.06. The summed E-state index contributed by atoms with van der Waals surface area (Å²) in [6.45, 7) is 9.43. The Kier molecular flexibility index (Phi) is 6.54. The van der Waals surface area contributed by atoms with Crippen molar-refractivity contribution in [3.05, 3.63) is 0 Å². The van der Waals surface area contributed by atoms with E-state index in [-0.39, 0.29) is 0 Å². The normalized spacial score (nSPS) is 23.8. The number of hydrogen-bond donors (Lipinski definition) is 0. The zero-order valence-electron chi connectivity index (χ0n) is 13.9. The van der Waals surface area contributed by atoms with Gasteiger partial charge in [0.05, 0.1) is 0 Å². The first-order chi connectivity index (χ1) is 8.95. The van der Waals surface area contributed by atoms with Crippen molar-refractivity contribution >= 4 is 8.56 Å². The molecule has 0 aromatic carbocycles. The molecule has 2 nitrogen and oxygen atoms in total. The molecule has 0 amide bonds. The van der Waals surface area contributed by atoms with Crippen LogP contribution in [0.15, 0.2) is 0 Å². The van der Waals surface area contributed by atoms with Crippen LogP contribution >= 0.6 is 0 Å². The van der Waals surface area contributed by atoms with Crippen LogP contribution < -0.4 is 0 Å². The average molecular weight is 287 g/mol. The standard InChI is InChI=1S/C16H34O2Si/c1-7-14(8-2)13-19(17-5,18-6)15-11-9-10-12-16(15,3)4/h14-15H,7-13H2,1-6H3. The highest BCUT2D eigenvalue weighted by Crippen LogP contribution is 2.52. The van der Waals surface area contributed by atoms with Crippen LogP contribution in [0.2, 0.25) is 11.6 Å². The Morgan fingerprint density at radius 1 is 1.11 bits per heavy atom. The average Bonchev–Trinajstić information content (AvgIpc) is 2.41. The van der Waals surface area contributed by atoms with E-state index in [1.165, 1.54) is 44.6 Å². The Morgan fingerprint density at radius 3 is 2.11 bits per heavy atom. The molecular weight excluding hydrogens is 252 g/mol. The molecule has 0 N–H and O–H groups in total. The van der Waals surface area contributed by atoms with E-state index >= 15 is 0 Å². The van der Waals surface area contributed by atoms with Crippen LogP contribution in [0, 0.1) is 11.3 Å². The highest BCUT2D eigenvalue weighted by Gasteiger charge is 2.52. The van der Waals surface area contributed by atoms with Crippen LogP contribution in [0.4, 0.5) is 0 Å². The summed E-state index contributed by atoms with van der Waals surface area (Å²) in [6.07, 6.45) is 7.81. The highest BCUT2D eigenvalue weighted by atomic mass is 28.4. The molecule has 1 atom stereocenters. The molecule has 0 aromatic heterocycles. The molecule has 0 aromatic rings. The van der Waals surface area contributed by atoms with E-state index < -0.39 is 8.56 Å². The third kappa shape index (κ3) is 3.83. The van der Waals surface area contributed by atoms with E-state index in [0.29, 0.717) is 11.0 Å². The zero-order chi connectivity index (χ0) is 14.5. The first kappa shape index (κ1) is 17.2. The van der Waals surface area contributed by atoms with Crippen LogP contribution in [-0.2, 0) is 8.85 Å². The molecule has 0 radical (unpaired) electrons. The van der Waals surface area contributed by atoms with Gasteiger partial charge in [-0.25, -0.2) is 0 Å². The van der Waals surface area contributed by atoms with Gasteiger partial charge < -0.3 is 8.85 Å². The van der Waals surface area contributed by atoms with E-state index in [9.17, 15) is 0 Å². The minimum atomic E-state index is -2.08. The molecule has 1 aliphatic rings. The van der Waals surface area contributed by atoms with Crippen molar-refractivity contribution in [2.75, 3.05) is 14.2 Å². The van der Waals surface area contributed by atoms with E-state index in [2.05, 4.69) is 27.7 Å². The van der Waals surface area contributed by atoms with Gasteiger partial charge in [0, 0.05) is 19.8 Å². The maximum Gasteiger partial charge on any atom is 0.341 e. The maximum absolute atomic E-state index is 6.11. The van der Waals surface area contributed by atoms with Crippen molar-refractivity contribution in [1.29, 1.82) is 0 Å². The number of rotatable bonds is 7. The van der Waals surface area contributed by atoms with E-state index in [1.54, 1.807) is 0 Å².